The van der Waals surface area contributed by atoms with Crippen molar-refractivity contribution in [3.8, 4) is 0 Å². The van der Waals surface area contributed by atoms with E-state index in [1.807, 2.05) is 19.9 Å². The van der Waals surface area contributed by atoms with Gasteiger partial charge in [0.15, 0.2) is 5.58 Å². The van der Waals surface area contributed by atoms with Crippen LogP contribution in [0.5, 0.6) is 0 Å². The van der Waals surface area contributed by atoms with E-state index >= 15 is 0 Å². The van der Waals surface area contributed by atoms with E-state index in [1.165, 1.54) is 0 Å². The fraction of sp³-hybridized carbons (Fsp3) is 0.429. The van der Waals surface area contributed by atoms with Crippen molar-refractivity contribution in [3.63, 3.8) is 0 Å². The highest BCUT2D eigenvalue weighted by Gasteiger charge is 2.14. The second-order valence-electron chi connectivity index (χ2n) is 4.75. The zero-order valence-electron chi connectivity index (χ0n) is 11.3. The molecule has 5 nitrogen and oxygen atoms in total. The third kappa shape index (κ3) is 3.12. The quantitative estimate of drug-likeness (QED) is 0.798. The molecule has 102 valence electrons. The summed E-state index contributed by atoms with van der Waals surface area (Å²) in [6.07, 6.45) is 1.02. The monoisotopic (exact) mass is 261 g/mol. The van der Waals surface area contributed by atoms with Crippen LogP contribution < -0.4 is 11.1 Å². The van der Waals surface area contributed by atoms with Crippen molar-refractivity contribution in [1.29, 1.82) is 0 Å². The lowest BCUT2D eigenvalue weighted by molar-refractivity contribution is -0.120. The smallest absolute Gasteiger partial charge is 0.226 e. The van der Waals surface area contributed by atoms with Crippen LogP contribution in [-0.2, 0) is 11.2 Å². The highest BCUT2D eigenvalue weighted by molar-refractivity contribution is 5.88. The standard InChI is InChI=1S/C14H19N3O2/c1-9-6-10(2)14-11(17-19-12(14)7-9)8-13(18)16-5-3-4-15/h6-7H,3-5,8,15H2,1-2H3,(H,16,18). The Bertz CT molecular complexity index is 590. The van der Waals surface area contributed by atoms with Crippen LogP contribution >= 0.6 is 0 Å². The van der Waals surface area contributed by atoms with Gasteiger partial charge >= 0.3 is 0 Å². The summed E-state index contributed by atoms with van der Waals surface area (Å²) < 4.78 is 5.29. The van der Waals surface area contributed by atoms with Crippen LogP contribution in [0.2, 0.25) is 0 Å². The maximum absolute atomic E-state index is 11.8. The lowest BCUT2D eigenvalue weighted by Gasteiger charge is -2.03. The average molecular weight is 261 g/mol. The first-order valence-corrected chi connectivity index (χ1v) is 6.44. The first kappa shape index (κ1) is 13.5. The fourth-order valence-electron chi connectivity index (χ4n) is 2.19. The van der Waals surface area contributed by atoms with Crippen LogP contribution in [0.25, 0.3) is 11.0 Å². The second-order valence-corrected chi connectivity index (χ2v) is 4.75. The molecule has 1 aromatic heterocycles. The Balaban J connectivity index is 2.15. The number of nitrogens with one attached hydrogen (secondary N) is 1. The van der Waals surface area contributed by atoms with Crippen molar-refractivity contribution < 1.29 is 9.32 Å². The number of aromatic nitrogens is 1. The van der Waals surface area contributed by atoms with Crippen LogP contribution in [-0.4, -0.2) is 24.2 Å². The van der Waals surface area contributed by atoms with E-state index in [9.17, 15) is 4.79 Å². The minimum absolute atomic E-state index is 0.0522. The molecule has 0 bridgehead atoms. The first-order chi connectivity index (χ1) is 9.11. The molecule has 0 unspecified atom stereocenters. The summed E-state index contributed by atoms with van der Waals surface area (Å²) in [4.78, 5) is 11.8. The molecule has 5 heteroatoms. The van der Waals surface area contributed by atoms with E-state index < -0.39 is 0 Å². The molecule has 0 fully saturated rings. The molecule has 0 spiro atoms. The van der Waals surface area contributed by atoms with Gasteiger partial charge in [-0.3, -0.25) is 4.79 Å². The lowest BCUT2D eigenvalue weighted by Crippen LogP contribution is -2.27. The third-order valence-corrected chi connectivity index (χ3v) is 3.02. The lowest BCUT2D eigenvalue weighted by atomic mass is 10.0. The van der Waals surface area contributed by atoms with Crippen LogP contribution in [0.1, 0.15) is 23.2 Å². The zero-order valence-corrected chi connectivity index (χ0v) is 11.3. The molecule has 1 heterocycles. The topological polar surface area (TPSA) is 81.2 Å². The van der Waals surface area contributed by atoms with Crippen molar-refractivity contribution in [1.82, 2.24) is 10.5 Å². The molecule has 1 aromatic carbocycles. The van der Waals surface area contributed by atoms with Crippen molar-refractivity contribution in [2.45, 2.75) is 26.7 Å². The van der Waals surface area contributed by atoms with E-state index in [4.69, 9.17) is 10.3 Å². The number of amides is 1. The van der Waals surface area contributed by atoms with E-state index in [0.29, 0.717) is 18.8 Å². The van der Waals surface area contributed by atoms with E-state index in [1.54, 1.807) is 0 Å². The number of aryl methyl sites for hydroxylation is 2. The van der Waals surface area contributed by atoms with Crippen molar-refractivity contribution >= 4 is 16.9 Å². The molecule has 0 saturated carbocycles. The largest absolute Gasteiger partial charge is 0.356 e. The summed E-state index contributed by atoms with van der Waals surface area (Å²) in [7, 11) is 0. The maximum Gasteiger partial charge on any atom is 0.226 e. The van der Waals surface area contributed by atoms with Crippen LogP contribution in [0, 0.1) is 13.8 Å². The Labute approximate surface area is 112 Å². The minimum Gasteiger partial charge on any atom is -0.356 e. The molecule has 0 saturated heterocycles. The molecule has 0 radical (unpaired) electrons. The predicted molar refractivity (Wildman–Crippen MR) is 73.9 cm³/mol. The second kappa shape index (κ2) is 5.84. The van der Waals surface area contributed by atoms with Gasteiger partial charge in [0, 0.05) is 11.9 Å². The molecule has 3 N–H and O–H groups in total. The van der Waals surface area contributed by atoms with Gasteiger partial charge in [-0.15, -0.1) is 0 Å². The number of benzene rings is 1. The summed E-state index contributed by atoms with van der Waals surface area (Å²) in [5.74, 6) is -0.0522. The van der Waals surface area contributed by atoms with Crippen molar-refractivity contribution in [2.75, 3.05) is 13.1 Å². The molecule has 0 atom stereocenters. The number of nitrogens with zero attached hydrogens (tertiary/aromatic N) is 1. The normalized spacial score (nSPS) is 10.9. The Morgan fingerprint density at radius 2 is 2.21 bits per heavy atom. The Morgan fingerprint density at radius 3 is 2.95 bits per heavy atom. The summed E-state index contributed by atoms with van der Waals surface area (Å²) >= 11 is 0. The summed E-state index contributed by atoms with van der Waals surface area (Å²) in [5, 5.41) is 7.77. The number of nitrogens with two attached hydrogens (primary N) is 1. The molecule has 2 aromatic rings. The van der Waals surface area contributed by atoms with Gasteiger partial charge in [-0.2, -0.15) is 0 Å². The number of carbonyl (C=O) groups excluding carboxylic acids is 1. The van der Waals surface area contributed by atoms with E-state index in [2.05, 4.69) is 16.5 Å². The molecule has 0 aliphatic heterocycles. The zero-order chi connectivity index (χ0) is 13.8. The number of rotatable bonds is 5. The Morgan fingerprint density at radius 1 is 1.42 bits per heavy atom. The van der Waals surface area contributed by atoms with Gasteiger partial charge < -0.3 is 15.6 Å². The Kier molecular flexibility index (Phi) is 4.16. The van der Waals surface area contributed by atoms with Crippen LogP contribution in [0.4, 0.5) is 0 Å². The molecule has 1 amide bonds. The number of hydrogen-bond donors (Lipinski definition) is 2. The number of fused-ring (bicyclic) bond motifs is 1. The first-order valence-electron chi connectivity index (χ1n) is 6.44. The molecular weight excluding hydrogens is 242 g/mol. The highest BCUT2D eigenvalue weighted by atomic mass is 16.5. The average Bonchev–Trinajstić information content (AvgIpc) is 2.72. The third-order valence-electron chi connectivity index (χ3n) is 3.02. The SMILES string of the molecule is Cc1cc(C)c2c(CC(=O)NCCCN)noc2c1. The number of hydrogen-bond acceptors (Lipinski definition) is 4. The van der Waals surface area contributed by atoms with Gasteiger partial charge in [-0.1, -0.05) is 11.2 Å². The highest BCUT2D eigenvalue weighted by Crippen LogP contribution is 2.24. The molecule has 0 aliphatic rings. The van der Waals surface area contributed by atoms with Crippen LogP contribution in [0.3, 0.4) is 0 Å². The van der Waals surface area contributed by atoms with Gasteiger partial charge in [0.2, 0.25) is 5.91 Å². The van der Waals surface area contributed by atoms with Gasteiger partial charge in [0.05, 0.1) is 6.42 Å². The summed E-state index contributed by atoms with van der Waals surface area (Å²) in [6, 6.07) is 4.00. The Hall–Kier alpha value is -1.88. The minimum atomic E-state index is -0.0522. The molecule has 19 heavy (non-hydrogen) atoms. The summed E-state index contributed by atoms with van der Waals surface area (Å²) in [6.45, 7) is 5.19. The van der Waals surface area contributed by atoms with Gasteiger partial charge in [0.1, 0.15) is 5.69 Å². The maximum atomic E-state index is 11.8. The van der Waals surface area contributed by atoms with Gasteiger partial charge in [-0.25, -0.2) is 0 Å². The molecule has 0 aliphatic carbocycles. The van der Waals surface area contributed by atoms with E-state index in [0.717, 1.165) is 28.5 Å². The molecule has 2 rings (SSSR count). The van der Waals surface area contributed by atoms with Crippen molar-refractivity contribution in [3.05, 3.63) is 29.0 Å². The van der Waals surface area contributed by atoms with Crippen molar-refractivity contribution in [2.24, 2.45) is 5.73 Å². The van der Waals surface area contributed by atoms with E-state index in [-0.39, 0.29) is 12.3 Å². The number of carbonyl (C=O) groups is 1. The fourth-order valence-corrected chi connectivity index (χ4v) is 2.19. The summed E-state index contributed by atoms with van der Waals surface area (Å²) in [5.41, 5.74) is 9.02. The molecular formula is C14H19N3O2. The van der Waals surface area contributed by atoms with Gasteiger partial charge in [-0.05, 0) is 44.0 Å². The van der Waals surface area contributed by atoms with Gasteiger partial charge in [0.25, 0.3) is 0 Å². The predicted octanol–water partition coefficient (Wildman–Crippen LogP) is 1.45. The van der Waals surface area contributed by atoms with Crippen LogP contribution in [0.15, 0.2) is 16.7 Å².